The zero-order chi connectivity index (χ0) is 41.5. The highest BCUT2D eigenvalue weighted by atomic mass is 32.2. The Balaban J connectivity index is 0.837. The van der Waals surface area contributed by atoms with Crippen molar-refractivity contribution in [2.75, 3.05) is 6.61 Å². The van der Waals surface area contributed by atoms with Crippen molar-refractivity contribution in [2.45, 2.75) is 52.2 Å². The van der Waals surface area contributed by atoms with Crippen LogP contribution in [-0.2, 0) is 32.9 Å². The fourth-order valence-corrected chi connectivity index (χ4v) is 9.66. The minimum Gasteiger partial charge on any atom is -0.493 e. The molecule has 1 unspecified atom stereocenters. The summed E-state index contributed by atoms with van der Waals surface area (Å²) >= 11 is 0. The molecule has 1 atom stereocenters. The van der Waals surface area contributed by atoms with E-state index in [1.165, 1.54) is 24.3 Å². The molecule has 0 N–H and O–H groups in total. The van der Waals surface area contributed by atoms with Crippen molar-refractivity contribution in [3.8, 4) is 23.0 Å². The number of fused-ring (bicyclic) bond motifs is 2. The van der Waals surface area contributed by atoms with Crippen LogP contribution in [0.5, 0.6) is 23.0 Å². The number of hydrogen-bond acceptors (Lipinski definition) is 8. The highest BCUT2D eigenvalue weighted by molar-refractivity contribution is 7.92. The first-order valence-corrected chi connectivity index (χ1v) is 22.5. The minimum atomic E-state index is -3.89. The van der Waals surface area contributed by atoms with Gasteiger partial charge in [-0.2, -0.15) is 0 Å². The normalized spacial score (nSPS) is 12.2. The van der Waals surface area contributed by atoms with Crippen molar-refractivity contribution >= 4 is 41.2 Å². The number of benzene rings is 8. The van der Waals surface area contributed by atoms with E-state index in [4.69, 9.17) is 18.9 Å². The third kappa shape index (κ3) is 9.15. The van der Waals surface area contributed by atoms with Gasteiger partial charge in [-0.15, -0.1) is 0 Å². The zero-order valence-corrected chi connectivity index (χ0v) is 34.4. The largest absolute Gasteiger partial charge is 0.493 e. The zero-order valence-electron chi connectivity index (χ0n) is 32.8. The molecule has 0 spiro atoms. The van der Waals surface area contributed by atoms with Crippen molar-refractivity contribution in [2.24, 2.45) is 0 Å². The smallest absolute Gasteiger partial charge is 0.210 e. The molecule has 0 saturated heterocycles. The first kappa shape index (κ1) is 40.2. The van der Waals surface area contributed by atoms with Gasteiger partial charge in [0.05, 0.1) is 22.5 Å². The van der Waals surface area contributed by atoms with Gasteiger partial charge in [0.15, 0.2) is 0 Å². The average Bonchev–Trinajstić information content (AvgIpc) is 3.28. The van der Waals surface area contributed by atoms with Crippen LogP contribution in [0.3, 0.4) is 0 Å². The molecule has 0 aromatic heterocycles. The summed E-state index contributed by atoms with van der Waals surface area (Å²) in [5.74, 6) is 1.58. The van der Waals surface area contributed by atoms with Crippen molar-refractivity contribution in [1.29, 1.82) is 0 Å². The molecule has 8 rings (SSSR count). The van der Waals surface area contributed by atoms with E-state index in [2.05, 4.69) is 0 Å². The van der Waals surface area contributed by atoms with E-state index >= 15 is 0 Å². The SMILES string of the molecule is CC(CCOc1ccc(S(=O)(=O)c2ccccc2OCc2ccc3ccccc3c2)cc1)Oc1ccc(S(=O)(=O)c2ccccc2OCc2ccc3ccccc3c2)cc1. The lowest BCUT2D eigenvalue weighted by Gasteiger charge is -2.16. The first-order chi connectivity index (χ1) is 29.1. The molecule has 0 radical (unpaired) electrons. The summed E-state index contributed by atoms with van der Waals surface area (Å²) in [7, 11) is -7.78. The Bertz CT molecular complexity index is 2980. The molecule has 8 aromatic rings. The number of ether oxygens (including phenoxy) is 4. The van der Waals surface area contributed by atoms with Crippen LogP contribution in [0.4, 0.5) is 0 Å². The van der Waals surface area contributed by atoms with Gasteiger partial charge in [-0.3, -0.25) is 0 Å². The van der Waals surface area contributed by atoms with Gasteiger partial charge in [0.1, 0.15) is 46.0 Å². The molecule has 0 heterocycles. The lowest BCUT2D eigenvalue weighted by molar-refractivity contribution is 0.177. The van der Waals surface area contributed by atoms with Gasteiger partial charge >= 0.3 is 0 Å². The second-order valence-electron chi connectivity index (χ2n) is 14.3. The second kappa shape index (κ2) is 17.7. The molecule has 0 saturated carbocycles. The number of hydrogen-bond donors (Lipinski definition) is 0. The lowest BCUT2D eigenvalue weighted by Crippen LogP contribution is -2.16. The summed E-state index contributed by atoms with van der Waals surface area (Å²) in [6.07, 6.45) is 0.256. The van der Waals surface area contributed by atoms with Crippen LogP contribution in [0.2, 0.25) is 0 Å². The Morgan fingerprint density at radius 2 is 0.850 bits per heavy atom. The van der Waals surface area contributed by atoms with Crippen LogP contribution >= 0.6 is 0 Å². The van der Waals surface area contributed by atoms with E-state index in [0.29, 0.717) is 24.5 Å². The molecule has 0 aliphatic rings. The standard InChI is InChI=1S/C50H42O8S2/c1-36(58-44-24-28-46(29-25-44)60(53,54)50-17-9-7-15-48(50)57-35-38-19-21-40-11-3-5-13-42(40)33-38)30-31-55-43-22-26-45(27-23-43)59(51,52)49-16-8-6-14-47(49)56-34-37-18-20-39-10-2-4-12-41(39)32-37/h2-29,32-33,36H,30-31,34-35H2,1H3. The minimum absolute atomic E-state index is 0.0854. The van der Waals surface area contributed by atoms with E-state index in [1.54, 1.807) is 72.8 Å². The predicted molar refractivity (Wildman–Crippen MR) is 233 cm³/mol. The Morgan fingerprint density at radius 3 is 1.33 bits per heavy atom. The van der Waals surface area contributed by atoms with Gasteiger partial charge < -0.3 is 18.9 Å². The molecule has 302 valence electrons. The maximum Gasteiger partial charge on any atom is 0.210 e. The second-order valence-corrected chi connectivity index (χ2v) is 18.2. The number of sulfone groups is 2. The van der Waals surface area contributed by atoms with E-state index < -0.39 is 19.7 Å². The summed E-state index contributed by atoms with van der Waals surface area (Å²) in [6, 6.07) is 54.1. The molecular weight excluding hydrogens is 793 g/mol. The van der Waals surface area contributed by atoms with E-state index in [0.717, 1.165) is 32.7 Å². The van der Waals surface area contributed by atoms with Gasteiger partial charge in [-0.05, 0) is 125 Å². The Kier molecular flexibility index (Phi) is 11.9. The van der Waals surface area contributed by atoms with Crippen LogP contribution < -0.4 is 18.9 Å². The Labute approximate surface area is 350 Å². The van der Waals surface area contributed by atoms with E-state index in [1.807, 2.05) is 91.9 Å². The quantitative estimate of drug-likeness (QED) is 0.0947. The molecule has 0 bridgehead atoms. The summed E-state index contributed by atoms with van der Waals surface area (Å²) in [6.45, 7) is 2.64. The maximum atomic E-state index is 13.7. The molecular formula is C50H42O8S2. The molecule has 0 aliphatic heterocycles. The van der Waals surface area contributed by atoms with Crippen LogP contribution in [0.15, 0.2) is 202 Å². The molecule has 0 amide bonds. The van der Waals surface area contributed by atoms with Crippen LogP contribution in [0, 0.1) is 0 Å². The van der Waals surface area contributed by atoms with E-state index in [9.17, 15) is 16.8 Å². The van der Waals surface area contributed by atoms with Gasteiger partial charge in [0.2, 0.25) is 19.7 Å². The molecule has 8 aromatic carbocycles. The lowest BCUT2D eigenvalue weighted by atomic mass is 10.1. The van der Waals surface area contributed by atoms with Crippen molar-refractivity contribution < 1.29 is 35.8 Å². The fourth-order valence-electron chi connectivity index (χ4n) is 6.86. The van der Waals surface area contributed by atoms with Crippen molar-refractivity contribution in [3.63, 3.8) is 0 Å². The molecule has 60 heavy (non-hydrogen) atoms. The maximum absolute atomic E-state index is 13.7. The third-order valence-electron chi connectivity index (χ3n) is 10.1. The topological polar surface area (TPSA) is 105 Å². The monoisotopic (exact) mass is 834 g/mol. The van der Waals surface area contributed by atoms with Crippen LogP contribution in [-0.4, -0.2) is 29.5 Å². The highest BCUT2D eigenvalue weighted by Crippen LogP contribution is 2.33. The number of rotatable bonds is 16. The fraction of sp³-hybridized carbons (Fsp3) is 0.120. The molecule has 0 aliphatic carbocycles. The molecule has 0 fully saturated rings. The molecule has 8 nitrogen and oxygen atoms in total. The van der Waals surface area contributed by atoms with Gasteiger partial charge in [0.25, 0.3) is 0 Å². The highest BCUT2D eigenvalue weighted by Gasteiger charge is 2.24. The third-order valence-corrected chi connectivity index (χ3v) is 13.7. The molecule has 10 heteroatoms. The Hall–Kier alpha value is -6.62. The van der Waals surface area contributed by atoms with Gasteiger partial charge in [-0.25, -0.2) is 16.8 Å². The summed E-state index contributed by atoms with van der Waals surface area (Å²) in [4.78, 5) is 0.413. The summed E-state index contributed by atoms with van der Waals surface area (Å²) in [5.41, 5.74) is 1.87. The number of para-hydroxylation sites is 2. The predicted octanol–water partition coefficient (Wildman–Crippen LogP) is 11.1. The van der Waals surface area contributed by atoms with Gasteiger partial charge in [-0.1, -0.05) is 97.1 Å². The van der Waals surface area contributed by atoms with Crippen molar-refractivity contribution in [1.82, 2.24) is 0 Å². The Morgan fingerprint density at radius 1 is 0.433 bits per heavy atom. The first-order valence-electron chi connectivity index (χ1n) is 19.5. The summed E-state index contributed by atoms with van der Waals surface area (Å²) in [5, 5.41) is 4.41. The summed E-state index contributed by atoms with van der Waals surface area (Å²) < 4.78 is 79.0. The van der Waals surface area contributed by atoms with Gasteiger partial charge in [0, 0.05) is 6.42 Å². The van der Waals surface area contributed by atoms with Crippen LogP contribution in [0.1, 0.15) is 24.5 Å². The van der Waals surface area contributed by atoms with E-state index in [-0.39, 0.29) is 50.4 Å². The average molecular weight is 835 g/mol. The van der Waals surface area contributed by atoms with Crippen LogP contribution in [0.25, 0.3) is 21.5 Å². The van der Waals surface area contributed by atoms with Crippen molar-refractivity contribution in [3.05, 3.63) is 193 Å².